The maximum atomic E-state index is 12.1. The van der Waals surface area contributed by atoms with Gasteiger partial charge in [0, 0.05) is 12.2 Å². The van der Waals surface area contributed by atoms with E-state index < -0.39 is 0 Å². The second-order valence-corrected chi connectivity index (χ2v) is 4.02. The van der Waals surface area contributed by atoms with Gasteiger partial charge in [0.2, 0.25) is 0 Å². The number of rotatable bonds is 5. The minimum atomic E-state index is -0.299. The van der Waals surface area contributed by atoms with Gasteiger partial charge in [0.05, 0.1) is 0 Å². The number of carbonyl (C=O) groups is 1. The Morgan fingerprint density at radius 3 is 2.44 bits per heavy atom. The van der Waals surface area contributed by atoms with Crippen molar-refractivity contribution in [2.45, 2.75) is 40.2 Å². The van der Waals surface area contributed by atoms with E-state index in [1.54, 1.807) is 0 Å². The molecule has 0 aliphatic heterocycles. The van der Waals surface area contributed by atoms with Crippen LogP contribution in [0.25, 0.3) is 0 Å². The summed E-state index contributed by atoms with van der Waals surface area (Å²) < 4.78 is 5.43. The zero-order chi connectivity index (χ0) is 12.1. The van der Waals surface area contributed by atoms with Crippen LogP contribution in [0.15, 0.2) is 18.2 Å². The predicted molar refractivity (Wildman–Crippen MR) is 66.0 cm³/mol. The van der Waals surface area contributed by atoms with E-state index in [-0.39, 0.29) is 11.9 Å². The van der Waals surface area contributed by atoms with Gasteiger partial charge in [-0.15, -0.1) is 0 Å². The summed E-state index contributed by atoms with van der Waals surface area (Å²) in [7, 11) is 0. The number of hydrogen-bond acceptors (Lipinski definition) is 2. The summed E-state index contributed by atoms with van der Waals surface area (Å²) in [5, 5.41) is 0. The molecule has 2 heteroatoms. The van der Waals surface area contributed by atoms with Gasteiger partial charge in [0.1, 0.15) is 6.10 Å². The molecule has 0 spiro atoms. The lowest BCUT2D eigenvalue weighted by atomic mass is 10.00. The van der Waals surface area contributed by atoms with Gasteiger partial charge in [-0.3, -0.25) is 4.79 Å². The number of ether oxygens (including phenoxy) is 1. The largest absolute Gasteiger partial charge is 0.370 e. The maximum Gasteiger partial charge on any atom is 0.191 e. The Hall–Kier alpha value is -1.15. The quantitative estimate of drug-likeness (QED) is 0.712. The molecule has 88 valence electrons. The maximum absolute atomic E-state index is 12.1. The van der Waals surface area contributed by atoms with Gasteiger partial charge in [-0.1, -0.05) is 19.1 Å². The molecule has 1 rings (SSSR count). The van der Waals surface area contributed by atoms with Gasteiger partial charge >= 0.3 is 0 Å². The standard InChI is InChI=1S/C14H20O2/c1-5-13(16-6-2)14(15)12-8-7-10(3)11(4)9-12/h7-9,13H,5-6H2,1-4H3. The van der Waals surface area contributed by atoms with Crippen molar-refractivity contribution >= 4 is 5.78 Å². The van der Waals surface area contributed by atoms with Crippen LogP contribution in [0.2, 0.25) is 0 Å². The van der Waals surface area contributed by atoms with E-state index in [1.165, 1.54) is 5.56 Å². The first kappa shape index (κ1) is 12.9. The summed E-state index contributed by atoms with van der Waals surface area (Å²) in [6, 6.07) is 5.81. The number of hydrogen-bond donors (Lipinski definition) is 0. The summed E-state index contributed by atoms with van der Waals surface area (Å²) in [4.78, 5) is 12.1. The highest BCUT2D eigenvalue weighted by atomic mass is 16.5. The summed E-state index contributed by atoms with van der Waals surface area (Å²) in [6.45, 7) is 8.53. The smallest absolute Gasteiger partial charge is 0.191 e. The lowest BCUT2D eigenvalue weighted by molar-refractivity contribution is 0.0444. The molecular weight excluding hydrogens is 200 g/mol. The van der Waals surface area contributed by atoms with E-state index in [0.29, 0.717) is 6.61 Å². The molecule has 0 aromatic heterocycles. The van der Waals surface area contributed by atoms with Crippen molar-refractivity contribution in [1.82, 2.24) is 0 Å². The van der Waals surface area contributed by atoms with Crippen molar-refractivity contribution in [3.63, 3.8) is 0 Å². The van der Waals surface area contributed by atoms with Gasteiger partial charge in [-0.2, -0.15) is 0 Å². The minimum Gasteiger partial charge on any atom is -0.370 e. The molecule has 0 N–H and O–H groups in total. The zero-order valence-electron chi connectivity index (χ0n) is 10.5. The van der Waals surface area contributed by atoms with Crippen molar-refractivity contribution in [3.8, 4) is 0 Å². The molecule has 0 radical (unpaired) electrons. The van der Waals surface area contributed by atoms with Crippen LogP contribution in [0.1, 0.15) is 41.8 Å². The first-order valence-electron chi connectivity index (χ1n) is 5.83. The molecule has 0 saturated heterocycles. The average molecular weight is 220 g/mol. The van der Waals surface area contributed by atoms with Crippen molar-refractivity contribution in [3.05, 3.63) is 34.9 Å². The molecule has 0 bridgehead atoms. The van der Waals surface area contributed by atoms with Gasteiger partial charge in [-0.05, 0) is 44.4 Å². The van der Waals surface area contributed by atoms with Crippen molar-refractivity contribution < 1.29 is 9.53 Å². The molecular formula is C14H20O2. The first-order valence-corrected chi connectivity index (χ1v) is 5.83. The highest BCUT2D eigenvalue weighted by Gasteiger charge is 2.18. The Kier molecular flexibility index (Phi) is 4.69. The van der Waals surface area contributed by atoms with Gasteiger partial charge in [-0.25, -0.2) is 0 Å². The third-order valence-corrected chi connectivity index (χ3v) is 2.82. The molecule has 1 aromatic carbocycles. The predicted octanol–water partition coefficient (Wildman–Crippen LogP) is 3.30. The molecule has 0 amide bonds. The van der Waals surface area contributed by atoms with Crippen LogP contribution in [-0.2, 0) is 4.74 Å². The number of aryl methyl sites for hydroxylation is 2. The minimum absolute atomic E-state index is 0.0902. The average Bonchev–Trinajstić information content (AvgIpc) is 2.28. The monoisotopic (exact) mass is 220 g/mol. The van der Waals surface area contributed by atoms with Crippen LogP contribution in [0.3, 0.4) is 0 Å². The lowest BCUT2D eigenvalue weighted by Gasteiger charge is -2.14. The molecule has 0 fully saturated rings. The number of carbonyl (C=O) groups excluding carboxylic acids is 1. The normalized spacial score (nSPS) is 12.5. The van der Waals surface area contributed by atoms with E-state index in [2.05, 4.69) is 0 Å². The molecule has 16 heavy (non-hydrogen) atoms. The van der Waals surface area contributed by atoms with Crippen LogP contribution >= 0.6 is 0 Å². The van der Waals surface area contributed by atoms with Crippen LogP contribution < -0.4 is 0 Å². The Labute approximate surface area is 97.6 Å². The van der Waals surface area contributed by atoms with E-state index in [0.717, 1.165) is 17.5 Å². The second-order valence-electron chi connectivity index (χ2n) is 4.02. The molecule has 0 saturated carbocycles. The number of benzene rings is 1. The third-order valence-electron chi connectivity index (χ3n) is 2.82. The topological polar surface area (TPSA) is 26.3 Å². The Morgan fingerprint density at radius 2 is 1.94 bits per heavy atom. The van der Waals surface area contributed by atoms with Crippen LogP contribution in [0.4, 0.5) is 0 Å². The van der Waals surface area contributed by atoms with E-state index in [4.69, 9.17) is 4.74 Å². The molecule has 0 aliphatic rings. The van der Waals surface area contributed by atoms with Crippen LogP contribution in [0, 0.1) is 13.8 Å². The van der Waals surface area contributed by atoms with Crippen molar-refractivity contribution in [1.29, 1.82) is 0 Å². The Bertz CT molecular complexity index is 369. The van der Waals surface area contributed by atoms with Crippen LogP contribution in [-0.4, -0.2) is 18.5 Å². The highest BCUT2D eigenvalue weighted by molar-refractivity contribution is 5.99. The first-order chi connectivity index (χ1) is 7.60. The van der Waals surface area contributed by atoms with Gasteiger partial charge in [0.25, 0.3) is 0 Å². The molecule has 1 aromatic rings. The van der Waals surface area contributed by atoms with Gasteiger partial charge < -0.3 is 4.74 Å². The van der Waals surface area contributed by atoms with E-state index in [1.807, 2.05) is 45.9 Å². The third kappa shape index (κ3) is 2.92. The van der Waals surface area contributed by atoms with Crippen LogP contribution in [0.5, 0.6) is 0 Å². The fourth-order valence-corrected chi connectivity index (χ4v) is 1.66. The SMILES string of the molecule is CCOC(CC)C(=O)c1ccc(C)c(C)c1. The van der Waals surface area contributed by atoms with E-state index >= 15 is 0 Å². The molecule has 1 atom stereocenters. The van der Waals surface area contributed by atoms with Gasteiger partial charge in [0.15, 0.2) is 5.78 Å². The fourth-order valence-electron chi connectivity index (χ4n) is 1.66. The second kappa shape index (κ2) is 5.80. The van der Waals surface area contributed by atoms with E-state index in [9.17, 15) is 4.79 Å². The molecule has 1 unspecified atom stereocenters. The molecule has 2 nitrogen and oxygen atoms in total. The number of Topliss-reactive ketones (excluding diaryl/α,β-unsaturated/α-hetero) is 1. The highest BCUT2D eigenvalue weighted by Crippen LogP contribution is 2.14. The Morgan fingerprint density at radius 1 is 1.25 bits per heavy atom. The summed E-state index contributed by atoms with van der Waals surface area (Å²) in [5.41, 5.74) is 3.11. The molecule has 0 aliphatic carbocycles. The molecule has 0 heterocycles. The fraction of sp³-hybridized carbons (Fsp3) is 0.500. The van der Waals surface area contributed by atoms with Crippen molar-refractivity contribution in [2.75, 3.05) is 6.61 Å². The zero-order valence-corrected chi connectivity index (χ0v) is 10.5. The Balaban J connectivity index is 2.90. The summed E-state index contributed by atoms with van der Waals surface area (Å²) in [6.07, 6.45) is 0.423. The lowest BCUT2D eigenvalue weighted by Crippen LogP contribution is -2.23. The summed E-state index contributed by atoms with van der Waals surface area (Å²) >= 11 is 0. The van der Waals surface area contributed by atoms with Crippen molar-refractivity contribution in [2.24, 2.45) is 0 Å². The summed E-state index contributed by atoms with van der Waals surface area (Å²) in [5.74, 6) is 0.0902. The number of ketones is 1.